The minimum atomic E-state index is -0.520. The Morgan fingerprint density at radius 1 is 1.08 bits per heavy atom. The number of aromatic nitrogens is 5. The lowest BCUT2D eigenvalue weighted by Gasteiger charge is -2.33. The summed E-state index contributed by atoms with van der Waals surface area (Å²) >= 11 is 0. The molecule has 4 heterocycles. The molecule has 36 heavy (non-hydrogen) atoms. The van der Waals surface area contributed by atoms with E-state index in [1.807, 2.05) is 20.8 Å². The number of carbonyl (C=O) groups is 1. The Kier molecular flexibility index (Phi) is 6.36. The van der Waals surface area contributed by atoms with Gasteiger partial charge in [0.2, 0.25) is 5.88 Å². The van der Waals surface area contributed by atoms with Gasteiger partial charge in [0.25, 0.3) is 5.56 Å². The summed E-state index contributed by atoms with van der Waals surface area (Å²) in [6.45, 7) is 7.32. The summed E-state index contributed by atoms with van der Waals surface area (Å²) in [4.78, 5) is 45.3. The minimum absolute atomic E-state index is 0.111. The van der Waals surface area contributed by atoms with E-state index in [0.717, 1.165) is 36.8 Å². The van der Waals surface area contributed by atoms with Gasteiger partial charge in [-0.25, -0.2) is 24.7 Å². The molecule has 1 saturated carbocycles. The summed E-state index contributed by atoms with van der Waals surface area (Å²) < 4.78 is 12.8. The normalized spacial score (nSPS) is 16.8. The smallest absolute Gasteiger partial charge is 0.410 e. The zero-order chi connectivity index (χ0) is 25.4. The van der Waals surface area contributed by atoms with Gasteiger partial charge in [0.1, 0.15) is 23.1 Å². The number of fused-ring (bicyclic) bond motifs is 1. The van der Waals surface area contributed by atoms with Crippen molar-refractivity contribution in [1.29, 1.82) is 0 Å². The van der Waals surface area contributed by atoms with Crippen molar-refractivity contribution in [3.63, 3.8) is 0 Å². The predicted molar refractivity (Wildman–Crippen MR) is 134 cm³/mol. The fraction of sp³-hybridized carbons (Fsp3) is 0.538. The van der Waals surface area contributed by atoms with Crippen LogP contribution in [0.5, 0.6) is 5.88 Å². The number of pyridine rings is 1. The molecule has 1 aliphatic heterocycles. The van der Waals surface area contributed by atoms with Crippen LogP contribution in [0.4, 0.5) is 4.79 Å². The highest BCUT2D eigenvalue weighted by Gasteiger charge is 2.32. The van der Waals surface area contributed by atoms with Crippen LogP contribution in [-0.4, -0.2) is 61.3 Å². The number of hydrogen-bond acceptors (Lipinski definition) is 8. The summed E-state index contributed by atoms with van der Waals surface area (Å²) in [5.41, 5.74) is 1.53. The van der Waals surface area contributed by atoms with Gasteiger partial charge in [0.05, 0.1) is 12.8 Å². The van der Waals surface area contributed by atoms with Crippen molar-refractivity contribution in [2.45, 2.75) is 64.5 Å². The van der Waals surface area contributed by atoms with Gasteiger partial charge >= 0.3 is 6.09 Å². The molecule has 0 unspecified atom stereocenters. The van der Waals surface area contributed by atoms with E-state index in [1.54, 1.807) is 34.9 Å². The summed E-state index contributed by atoms with van der Waals surface area (Å²) in [6, 6.07) is 3.31. The molecule has 0 bridgehead atoms. The molecule has 2 fully saturated rings. The van der Waals surface area contributed by atoms with Gasteiger partial charge in [0.15, 0.2) is 5.82 Å². The Morgan fingerprint density at radius 2 is 1.83 bits per heavy atom. The van der Waals surface area contributed by atoms with Crippen LogP contribution in [-0.2, 0) is 11.3 Å². The first-order valence-corrected chi connectivity index (χ1v) is 12.5. The summed E-state index contributed by atoms with van der Waals surface area (Å²) in [5.74, 6) is 1.48. The van der Waals surface area contributed by atoms with E-state index in [1.165, 1.54) is 6.33 Å². The summed E-state index contributed by atoms with van der Waals surface area (Å²) in [5, 5.41) is 0.785. The van der Waals surface area contributed by atoms with Crippen molar-refractivity contribution in [2.24, 2.45) is 5.92 Å². The third kappa shape index (κ3) is 5.03. The van der Waals surface area contributed by atoms with E-state index >= 15 is 0 Å². The maximum absolute atomic E-state index is 13.0. The molecular formula is C26H32N6O4. The second-order valence-electron chi connectivity index (χ2n) is 10.6. The maximum atomic E-state index is 13.0. The molecule has 10 heteroatoms. The van der Waals surface area contributed by atoms with Crippen LogP contribution in [0.1, 0.15) is 58.1 Å². The van der Waals surface area contributed by atoms with Crippen LogP contribution in [0, 0.1) is 5.92 Å². The largest absolute Gasteiger partial charge is 0.480 e. The standard InChI is InChI=1S/C26H32N6O4/c1-26(2,3)36-25(34)31-11-9-16(10-12-31)14-32-19(33)8-7-18-13-27-22(30-23(18)32)20-21(17-5-6-17)28-15-29-24(20)35-4/h7-8,13,15-17H,5-6,9-12,14H2,1-4H3. The highest BCUT2D eigenvalue weighted by Crippen LogP contribution is 2.44. The Hall–Kier alpha value is -3.56. The van der Waals surface area contributed by atoms with E-state index in [9.17, 15) is 9.59 Å². The lowest BCUT2D eigenvalue weighted by molar-refractivity contribution is 0.0178. The van der Waals surface area contributed by atoms with Gasteiger partial charge < -0.3 is 14.4 Å². The van der Waals surface area contributed by atoms with Crippen LogP contribution >= 0.6 is 0 Å². The highest BCUT2D eigenvalue weighted by molar-refractivity contribution is 5.77. The van der Waals surface area contributed by atoms with Crippen molar-refractivity contribution in [3.05, 3.63) is 40.7 Å². The van der Waals surface area contributed by atoms with Crippen molar-refractivity contribution in [2.75, 3.05) is 20.2 Å². The number of ether oxygens (including phenoxy) is 2. The molecule has 190 valence electrons. The number of hydrogen-bond donors (Lipinski definition) is 0. The van der Waals surface area contributed by atoms with Gasteiger partial charge in [-0.1, -0.05) is 0 Å². The zero-order valence-electron chi connectivity index (χ0n) is 21.2. The summed E-state index contributed by atoms with van der Waals surface area (Å²) in [7, 11) is 1.57. The Morgan fingerprint density at radius 3 is 2.50 bits per heavy atom. The molecule has 10 nitrogen and oxygen atoms in total. The van der Waals surface area contributed by atoms with Crippen molar-refractivity contribution >= 4 is 17.1 Å². The van der Waals surface area contributed by atoms with Gasteiger partial charge in [0, 0.05) is 43.2 Å². The number of methoxy groups -OCH3 is 1. The van der Waals surface area contributed by atoms with E-state index in [0.29, 0.717) is 48.5 Å². The quantitative estimate of drug-likeness (QED) is 0.529. The molecule has 3 aromatic rings. The topological polar surface area (TPSA) is 112 Å². The monoisotopic (exact) mass is 492 g/mol. The van der Waals surface area contributed by atoms with E-state index in [2.05, 4.69) is 15.0 Å². The average Bonchev–Trinajstić information content (AvgIpc) is 3.70. The van der Waals surface area contributed by atoms with Crippen molar-refractivity contribution < 1.29 is 14.3 Å². The number of amides is 1. The maximum Gasteiger partial charge on any atom is 0.410 e. The average molecular weight is 493 g/mol. The fourth-order valence-corrected chi connectivity index (χ4v) is 4.66. The minimum Gasteiger partial charge on any atom is -0.480 e. The third-order valence-electron chi connectivity index (χ3n) is 6.65. The predicted octanol–water partition coefficient (Wildman–Crippen LogP) is 3.78. The van der Waals surface area contributed by atoms with Crippen LogP contribution < -0.4 is 10.3 Å². The highest BCUT2D eigenvalue weighted by atomic mass is 16.6. The first-order valence-electron chi connectivity index (χ1n) is 12.5. The van der Waals surface area contributed by atoms with Gasteiger partial charge in [-0.15, -0.1) is 0 Å². The molecule has 3 aromatic heterocycles. The molecule has 0 radical (unpaired) electrons. The molecule has 2 aliphatic rings. The first-order chi connectivity index (χ1) is 17.2. The Bertz CT molecular complexity index is 1340. The zero-order valence-corrected chi connectivity index (χ0v) is 21.2. The Balaban J connectivity index is 1.42. The SMILES string of the molecule is COc1ncnc(C2CC2)c1-c1ncc2ccc(=O)n(CC3CCN(C(=O)OC(C)(C)C)CC3)c2n1. The van der Waals surface area contributed by atoms with Gasteiger partial charge in [-0.2, -0.15) is 0 Å². The van der Waals surface area contributed by atoms with Crippen LogP contribution in [0.3, 0.4) is 0 Å². The molecule has 0 aromatic carbocycles. The number of piperidine rings is 1. The fourth-order valence-electron chi connectivity index (χ4n) is 4.66. The summed E-state index contributed by atoms with van der Waals surface area (Å²) in [6.07, 6.45) is 6.66. The van der Waals surface area contributed by atoms with Gasteiger partial charge in [-0.3, -0.25) is 9.36 Å². The van der Waals surface area contributed by atoms with E-state index in [-0.39, 0.29) is 17.6 Å². The molecular weight excluding hydrogens is 460 g/mol. The lowest BCUT2D eigenvalue weighted by Crippen LogP contribution is -2.42. The lowest BCUT2D eigenvalue weighted by atomic mass is 9.97. The second-order valence-corrected chi connectivity index (χ2v) is 10.6. The molecule has 0 atom stereocenters. The molecule has 1 amide bonds. The second kappa shape index (κ2) is 9.48. The van der Waals surface area contributed by atoms with Crippen LogP contribution in [0.25, 0.3) is 22.4 Å². The molecule has 0 spiro atoms. The van der Waals surface area contributed by atoms with Crippen LogP contribution in [0.2, 0.25) is 0 Å². The number of nitrogens with zero attached hydrogens (tertiary/aromatic N) is 6. The van der Waals surface area contributed by atoms with Crippen molar-refractivity contribution in [3.8, 4) is 17.3 Å². The van der Waals surface area contributed by atoms with Crippen LogP contribution in [0.15, 0.2) is 29.5 Å². The third-order valence-corrected chi connectivity index (χ3v) is 6.65. The van der Waals surface area contributed by atoms with Gasteiger partial charge in [-0.05, 0) is 58.4 Å². The van der Waals surface area contributed by atoms with E-state index in [4.69, 9.17) is 14.5 Å². The first kappa shape index (κ1) is 24.1. The molecule has 0 N–H and O–H groups in total. The Labute approximate surface area is 209 Å². The van der Waals surface area contributed by atoms with Crippen molar-refractivity contribution in [1.82, 2.24) is 29.4 Å². The molecule has 1 saturated heterocycles. The van der Waals surface area contributed by atoms with E-state index < -0.39 is 5.60 Å². The number of likely N-dealkylation sites (tertiary alicyclic amines) is 1. The number of rotatable bonds is 5. The number of carbonyl (C=O) groups excluding carboxylic acids is 1. The molecule has 1 aliphatic carbocycles. The molecule has 5 rings (SSSR count).